The van der Waals surface area contributed by atoms with Crippen molar-refractivity contribution < 1.29 is 14.3 Å². The van der Waals surface area contributed by atoms with Crippen LogP contribution in [0.15, 0.2) is 57.9 Å². The molecule has 37 heavy (non-hydrogen) atoms. The molecular formula is C29H34BrClN2O4. The van der Waals surface area contributed by atoms with Gasteiger partial charge in [-0.05, 0) is 94.2 Å². The van der Waals surface area contributed by atoms with Gasteiger partial charge in [0.15, 0.2) is 0 Å². The normalized spacial score (nSPS) is 20.9. The van der Waals surface area contributed by atoms with Crippen molar-refractivity contribution in [2.45, 2.75) is 83.0 Å². The summed E-state index contributed by atoms with van der Waals surface area (Å²) in [6, 6.07) is 13.6. The van der Waals surface area contributed by atoms with E-state index in [4.69, 9.17) is 21.1 Å². The molecule has 2 N–H and O–H groups in total. The Balaban J connectivity index is 1.57. The third-order valence-corrected chi connectivity index (χ3v) is 7.95. The molecule has 0 bridgehead atoms. The van der Waals surface area contributed by atoms with Crippen LogP contribution in [0.2, 0.25) is 5.02 Å². The maximum absolute atomic E-state index is 12.8. The van der Waals surface area contributed by atoms with Gasteiger partial charge in [-0.3, -0.25) is 4.79 Å². The quantitative estimate of drug-likeness (QED) is 0.312. The van der Waals surface area contributed by atoms with Crippen molar-refractivity contribution in [1.82, 2.24) is 10.3 Å². The van der Waals surface area contributed by atoms with E-state index in [2.05, 4.69) is 57.4 Å². The highest BCUT2D eigenvalue weighted by Crippen LogP contribution is 2.45. The number of rotatable bonds is 6. The first kappa shape index (κ1) is 27.5. The van der Waals surface area contributed by atoms with Gasteiger partial charge in [0.05, 0.1) is 11.1 Å². The van der Waals surface area contributed by atoms with Gasteiger partial charge in [0, 0.05) is 27.5 Å². The molecule has 1 unspecified atom stereocenters. The van der Waals surface area contributed by atoms with Crippen LogP contribution < -0.4 is 15.6 Å². The summed E-state index contributed by atoms with van der Waals surface area (Å²) in [5.74, 6) is 0.583. The Morgan fingerprint density at radius 2 is 1.86 bits per heavy atom. The van der Waals surface area contributed by atoms with Crippen LogP contribution in [0.5, 0.6) is 5.75 Å². The second-order valence-electron chi connectivity index (χ2n) is 10.8. The van der Waals surface area contributed by atoms with Crippen LogP contribution in [-0.4, -0.2) is 28.8 Å². The Kier molecular flexibility index (Phi) is 8.24. The lowest BCUT2D eigenvalue weighted by Crippen LogP contribution is -2.53. The van der Waals surface area contributed by atoms with E-state index >= 15 is 0 Å². The Morgan fingerprint density at radius 3 is 2.49 bits per heavy atom. The molecule has 1 saturated carbocycles. The van der Waals surface area contributed by atoms with Gasteiger partial charge in [0.2, 0.25) is 0 Å². The maximum Gasteiger partial charge on any atom is 0.407 e. The van der Waals surface area contributed by atoms with Crippen LogP contribution in [0.25, 0.3) is 10.8 Å². The topological polar surface area (TPSA) is 80.4 Å². The molecule has 3 aromatic rings. The van der Waals surface area contributed by atoms with Gasteiger partial charge in [-0.15, -0.1) is 0 Å². The number of ether oxygens (including phenoxy) is 2. The van der Waals surface area contributed by atoms with Gasteiger partial charge in [0.25, 0.3) is 5.56 Å². The van der Waals surface area contributed by atoms with Gasteiger partial charge in [0.1, 0.15) is 11.4 Å². The summed E-state index contributed by atoms with van der Waals surface area (Å²) >= 11 is 10.0. The molecule has 1 atom stereocenters. The van der Waals surface area contributed by atoms with Crippen molar-refractivity contribution in [3.63, 3.8) is 0 Å². The van der Waals surface area contributed by atoms with Crippen molar-refractivity contribution in [1.29, 1.82) is 0 Å². The second kappa shape index (κ2) is 11.1. The molecule has 1 fully saturated rings. The first-order valence-electron chi connectivity index (χ1n) is 12.7. The number of benzene rings is 2. The third-order valence-electron chi connectivity index (χ3n) is 7.13. The third kappa shape index (κ3) is 6.32. The molecule has 8 heteroatoms. The number of halogens is 2. The van der Waals surface area contributed by atoms with Crippen LogP contribution in [0, 0.1) is 0 Å². The molecule has 0 aliphatic heterocycles. The number of hydrogen-bond acceptors (Lipinski definition) is 4. The number of aromatic amines is 1. The number of hydrogen-bond donors (Lipinski definition) is 2. The molecule has 0 radical (unpaired) electrons. The number of carbonyl (C=O) groups is 1. The van der Waals surface area contributed by atoms with Gasteiger partial charge >= 0.3 is 6.09 Å². The van der Waals surface area contributed by atoms with E-state index in [1.54, 1.807) is 12.3 Å². The summed E-state index contributed by atoms with van der Waals surface area (Å²) in [5.41, 5.74) is 0.195. The number of H-pyrrole nitrogens is 1. The van der Waals surface area contributed by atoms with Crippen LogP contribution >= 0.6 is 27.5 Å². The summed E-state index contributed by atoms with van der Waals surface area (Å²) in [7, 11) is 0. The zero-order valence-corrected chi connectivity index (χ0v) is 24.0. The van der Waals surface area contributed by atoms with E-state index < -0.39 is 11.7 Å². The molecule has 1 aliphatic rings. The first-order valence-corrected chi connectivity index (χ1v) is 13.9. The van der Waals surface area contributed by atoms with Gasteiger partial charge in [-0.2, -0.15) is 0 Å². The molecule has 1 heterocycles. The number of nitrogens with one attached hydrogen (secondary N) is 2. The molecule has 0 saturated heterocycles. The Labute approximate surface area is 231 Å². The molecule has 198 valence electrons. The number of amides is 1. The van der Waals surface area contributed by atoms with Crippen LogP contribution in [-0.2, 0) is 10.2 Å². The first-order chi connectivity index (χ1) is 17.5. The number of carbonyl (C=O) groups excluding carboxylic acids is 1. The fourth-order valence-electron chi connectivity index (χ4n) is 5.38. The van der Waals surface area contributed by atoms with E-state index in [-0.39, 0.29) is 23.1 Å². The Bertz CT molecular complexity index is 1310. The predicted octanol–water partition coefficient (Wildman–Crippen LogP) is 7.51. The van der Waals surface area contributed by atoms with Crippen molar-refractivity contribution >= 4 is 44.4 Å². The molecule has 1 aromatic heterocycles. The summed E-state index contributed by atoms with van der Waals surface area (Å²) in [5, 5.41) is 4.93. The van der Waals surface area contributed by atoms with Crippen LogP contribution in [0.3, 0.4) is 0 Å². The van der Waals surface area contributed by atoms with Gasteiger partial charge in [-0.1, -0.05) is 46.6 Å². The summed E-state index contributed by atoms with van der Waals surface area (Å²) in [4.78, 5) is 27.6. The maximum atomic E-state index is 12.8. The lowest BCUT2D eigenvalue weighted by atomic mass is 9.63. The summed E-state index contributed by atoms with van der Waals surface area (Å²) < 4.78 is 13.0. The molecule has 4 rings (SSSR count). The van der Waals surface area contributed by atoms with E-state index in [1.165, 1.54) is 5.56 Å². The van der Waals surface area contributed by atoms with Crippen molar-refractivity contribution in [2.24, 2.45) is 0 Å². The number of alkyl carbamates (subject to hydrolysis) is 1. The van der Waals surface area contributed by atoms with E-state index in [9.17, 15) is 9.59 Å². The highest BCUT2D eigenvalue weighted by atomic mass is 79.9. The Morgan fingerprint density at radius 1 is 1.19 bits per heavy atom. The zero-order chi connectivity index (χ0) is 26.8. The average molecular weight is 590 g/mol. The summed E-state index contributed by atoms with van der Waals surface area (Å²) in [6.45, 7) is 7.71. The van der Waals surface area contributed by atoms with Crippen LogP contribution in [0.4, 0.5) is 4.79 Å². The van der Waals surface area contributed by atoms with E-state index in [1.807, 2.05) is 32.9 Å². The average Bonchev–Trinajstić information content (AvgIpc) is 2.84. The molecule has 6 nitrogen and oxygen atoms in total. The van der Waals surface area contributed by atoms with Crippen molar-refractivity contribution in [2.75, 3.05) is 0 Å². The minimum atomic E-state index is -0.567. The van der Waals surface area contributed by atoms with E-state index in [0.717, 1.165) is 42.0 Å². The zero-order valence-electron chi connectivity index (χ0n) is 21.7. The molecule has 1 aliphatic carbocycles. The van der Waals surface area contributed by atoms with E-state index in [0.29, 0.717) is 16.2 Å². The number of aromatic nitrogens is 1. The minimum absolute atomic E-state index is 0.0282. The lowest BCUT2D eigenvalue weighted by Gasteiger charge is -2.46. The van der Waals surface area contributed by atoms with Crippen molar-refractivity contribution in [3.05, 3.63) is 74.1 Å². The van der Waals surface area contributed by atoms with Gasteiger partial charge in [-0.25, -0.2) is 4.79 Å². The molecule has 2 aromatic carbocycles. The second-order valence-corrected chi connectivity index (χ2v) is 12.1. The number of pyridine rings is 1. The summed E-state index contributed by atoms with van der Waals surface area (Å²) in [6.07, 6.45) is 5.23. The predicted molar refractivity (Wildman–Crippen MR) is 152 cm³/mol. The standard InChI is InChI=1S/C29H34BrClN2O4/c1-5-25(33-27(35)37-28(2,3)4)29(19-6-8-20(30)9-7-19)13-10-21(11-14-29)36-24-16-18-12-15-32-26(34)22(18)17-23(24)31/h6-9,12,15-17,21,25H,5,10-11,13-14H2,1-4H3,(H,32,34)(H,33,35)/t21-,25?,29+. The Hall–Kier alpha value is -2.51. The SMILES string of the molecule is CCC(NC(=O)OC(C)(C)C)[C@]1(c2ccc(Br)cc2)CC[C@H](Oc2cc3cc[nH]c(=O)c3cc2Cl)CC1. The molecule has 1 amide bonds. The fourth-order valence-corrected chi connectivity index (χ4v) is 5.86. The highest BCUT2D eigenvalue weighted by molar-refractivity contribution is 9.10. The fraction of sp³-hybridized carbons (Fsp3) is 0.448. The largest absolute Gasteiger partial charge is 0.489 e. The molecular weight excluding hydrogens is 556 g/mol. The smallest absolute Gasteiger partial charge is 0.407 e. The van der Waals surface area contributed by atoms with Crippen LogP contribution in [0.1, 0.15) is 65.4 Å². The van der Waals surface area contributed by atoms with Crippen molar-refractivity contribution in [3.8, 4) is 5.75 Å². The van der Waals surface area contributed by atoms with Gasteiger partial charge < -0.3 is 19.8 Å². The highest BCUT2D eigenvalue weighted by Gasteiger charge is 2.44. The monoisotopic (exact) mass is 588 g/mol. The number of fused-ring (bicyclic) bond motifs is 1. The lowest BCUT2D eigenvalue weighted by molar-refractivity contribution is 0.0423. The molecule has 0 spiro atoms. The minimum Gasteiger partial charge on any atom is -0.489 e.